The maximum atomic E-state index is 12.8. The molecular weight excluding hydrogens is 316 g/mol. The van der Waals surface area contributed by atoms with E-state index in [0.29, 0.717) is 17.6 Å². The van der Waals surface area contributed by atoms with Crippen molar-refractivity contribution in [2.24, 2.45) is 0 Å². The Morgan fingerprint density at radius 2 is 1.76 bits per heavy atom. The Balaban J connectivity index is 1.81. The van der Waals surface area contributed by atoms with Crippen molar-refractivity contribution in [3.05, 3.63) is 70.2 Å². The van der Waals surface area contributed by atoms with Gasteiger partial charge in [-0.05, 0) is 36.6 Å². The van der Waals surface area contributed by atoms with Gasteiger partial charge in [0.15, 0.2) is 5.58 Å². The third kappa shape index (κ3) is 3.36. The molecule has 0 spiro atoms. The normalized spacial score (nSPS) is 12.3. The Kier molecular flexibility index (Phi) is 4.74. The second-order valence-corrected chi connectivity index (χ2v) is 6.25. The van der Waals surface area contributed by atoms with Crippen molar-refractivity contribution < 1.29 is 9.21 Å². The molecule has 0 saturated heterocycles. The zero-order valence-corrected chi connectivity index (χ0v) is 14.7. The Morgan fingerprint density at radius 3 is 2.44 bits per heavy atom. The van der Waals surface area contributed by atoms with Gasteiger partial charge in [0.05, 0.1) is 5.52 Å². The van der Waals surface area contributed by atoms with Crippen LogP contribution in [0.3, 0.4) is 0 Å². The first-order valence-electron chi connectivity index (χ1n) is 8.44. The molecule has 0 radical (unpaired) electrons. The zero-order valence-electron chi connectivity index (χ0n) is 14.7. The highest BCUT2D eigenvalue weighted by Crippen LogP contribution is 2.18. The number of benzene rings is 2. The van der Waals surface area contributed by atoms with E-state index < -0.39 is 11.8 Å². The van der Waals surface area contributed by atoms with Crippen molar-refractivity contribution >= 4 is 17.0 Å². The van der Waals surface area contributed by atoms with Crippen molar-refractivity contribution in [2.45, 2.75) is 32.9 Å². The number of carbonyl (C=O) groups excluding carboxylic acids is 1. The van der Waals surface area contributed by atoms with Crippen LogP contribution in [-0.2, 0) is 17.8 Å². The number of hydrogen-bond donors (Lipinski definition) is 0. The number of likely N-dealkylation sites (N-methyl/N-ethyl adjacent to an activating group) is 1. The topological polar surface area (TPSA) is 55.5 Å². The Labute approximate surface area is 146 Å². The first-order valence-corrected chi connectivity index (χ1v) is 8.44. The molecule has 0 N–H and O–H groups in total. The number of hydrogen-bond acceptors (Lipinski definition) is 3. The third-order valence-electron chi connectivity index (χ3n) is 4.49. The number of aromatic nitrogens is 1. The minimum Gasteiger partial charge on any atom is -0.408 e. The third-order valence-corrected chi connectivity index (χ3v) is 4.49. The predicted octanol–water partition coefficient (Wildman–Crippen LogP) is 3.38. The first kappa shape index (κ1) is 17.0. The van der Waals surface area contributed by atoms with Crippen LogP contribution in [0.4, 0.5) is 0 Å². The zero-order chi connectivity index (χ0) is 18.0. The number of fused-ring (bicyclic) bond motifs is 1. The highest BCUT2D eigenvalue weighted by molar-refractivity contribution is 5.82. The van der Waals surface area contributed by atoms with Crippen LogP contribution in [0.15, 0.2) is 57.7 Å². The fourth-order valence-corrected chi connectivity index (χ4v) is 3.01. The number of amides is 1. The Morgan fingerprint density at radius 1 is 1.12 bits per heavy atom. The summed E-state index contributed by atoms with van der Waals surface area (Å²) in [6.07, 6.45) is 0.989. The molecule has 0 aliphatic rings. The lowest BCUT2D eigenvalue weighted by Crippen LogP contribution is -2.35. The number of nitrogens with zero attached hydrogens (tertiary/aromatic N) is 2. The summed E-state index contributed by atoms with van der Waals surface area (Å²) in [5, 5.41) is 0. The van der Waals surface area contributed by atoms with Gasteiger partial charge in [-0.3, -0.25) is 9.36 Å². The van der Waals surface area contributed by atoms with Gasteiger partial charge in [-0.15, -0.1) is 0 Å². The summed E-state index contributed by atoms with van der Waals surface area (Å²) in [6.45, 7) is 4.33. The van der Waals surface area contributed by atoms with Crippen LogP contribution in [0.1, 0.15) is 31.0 Å². The number of oxazole rings is 1. The number of rotatable bonds is 5. The van der Waals surface area contributed by atoms with E-state index in [1.807, 2.05) is 18.2 Å². The summed E-state index contributed by atoms with van der Waals surface area (Å²) < 4.78 is 6.64. The molecule has 130 valence electrons. The van der Waals surface area contributed by atoms with Gasteiger partial charge in [-0.1, -0.05) is 43.3 Å². The fraction of sp³-hybridized carbons (Fsp3) is 0.300. The predicted molar refractivity (Wildman–Crippen MR) is 97.5 cm³/mol. The molecule has 0 fully saturated rings. The van der Waals surface area contributed by atoms with Crippen molar-refractivity contribution in [2.75, 3.05) is 7.05 Å². The van der Waals surface area contributed by atoms with E-state index >= 15 is 0 Å². The molecule has 3 rings (SSSR count). The molecule has 5 heteroatoms. The van der Waals surface area contributed by atoms with E-state index in [1.54, 1.807) is 37.1 Å². The molecule has 1 amide bonds. The summed E-state index contributed by atoms with van der Waals surface area (Å²) in [7, 11) is 1.75. The maximum Gasteiger partial charge on any atom is 0.420 e. The van der Waals surface area contributed by atoms with Crippen LogP contribution >= 0.6 is 0 Å². The Bertz CT molecular complexity index is 937. The van der Waals surface area contributed by atoms with Crippen LogP contribution in [0.25, 0.3) is 11.1 Å². The summed E-state index contributed by atoms with van der Waals surface area (Å²) in [5.74, 6) is -0.643. The van der Waals surface area contributed by atoms with Crippen LogP contribution in [0, 0.1) is 0 Å². The molecule has 3 aromatic rings. The monoisotopic (exact) mass is 338 g/mol. The van der Waals surface area contributed by atoms with Gasteiger partial charge in [0, 0.05) is 13.6 Å². The van der Waals surface area contributed by atoms with E-state index in [4.69, 9.17) is 4.42 Å². The van der Waals surface area contributed by atoms with Gasteiger partial charge >= 0.3 is 5.76 Å². The van der Waals surface area contributed by atoms with Gasteiger partial charge in [0.25, 0.3) is 0 Å². The van der Waals surface area contributed by atoms with Gasteiger partial charge in [0.2, 0.25) is 5.91 Å². The number of aryl methyl sites for hydroxylation is 1. The van der Waals surface area contributed by atoms with Crippen molar-refractivity contribution in [3.8, 4) is 0 Å². The van der Waals surface area contributed by atoms with Crippen molar-refractivity contribution in [1.29, 1.82) is 0 Å². The van der Waals surface area contributed by atoms with E-state index in [1.165, 1.54) is 10.1 Å². The second-order valence-electron chi connectivity index (χ2n) is 6.25. The van der Waals surface area contributed by atoms with Gasteiger partial charge in [0.1, 0.15) is 6.04 Å². The van der Waals surface area contributed by atoms with Crippen molar-refractivity contribution in [1.82, 2.24) is 9.47 Å². The highest BCUT2D eigenvalue weighted by Gasteiger charge is 2.24. The standard InChI is InChI=1S/C20H22N2O3/c1-4-15-9-11-16(12-10-15)13-21(3)19(23)14(2)22-17-7-5-6-8-18(17)25-20(22)24/h5-12,14H,4,13H2,1-3H3. The average molecular weight is 338 g/mol. The lowest BCUT2D eigenvalue weighted by molar-refractivity contribution is -0.133. The smallest absolute Gasteiger partial charge is 0.408 e. The summed E-state index contributed by atoms with van der Waals surface area (Å²) in [6, 6.07) is 14.7. The second kappa shape index (κ2) is 6.97. The molecule has 1 heterocycles. The molecule has 0 bridgehead atoms. The molecule has 0 aliphatic heterocycles. The number of carbonyl (C=O) groups is 1. The highest BCUT2D eigenvalue weighted by atomic mass is 16.4. The summed E-state index contributed by atoms with van der Waals surface area (Å²) in [5.41, 5.74) is 3.45. The van der Waals surface area contributed by atoms with Crippen LogP contribution in [-0.4, -0.2) is 22.4 Å². The van der Waals surface area contributed by atoms with E-state index in [0.717, 1.165) is 12.0 Å². The number of para-hydroxylation sites is 2. The first-order chi connectivity index (χ1) is 12.0. The van der Waals surface area contributed by atoms with E-state index in [-0.39, 0.29) is 5.91 Å². The molecule has 25 heavy (non-hydrogen) atoms. The quantitative estimate of drug-likeness (QED) is 0.717. The molecule has 1 aromatic heterocycles. The summed E-state index contributed by atoms with van der Waals surface area (Å²) >= 11 is 0. The van der Waals surface area contributed by atoms with Crippen molar-refractivity contribution in [3.63, 3.8) is 0 Å². The molecule has 0 aliphatic carbocycles. The van der Waals surface area contributed by atoms with Crippen LogP contribution in [0.5, 0.6) is 0 Å². The summed E-state index contributed by atoms with van der Waals surface area (Å²) in [4.78, 5) is 26.6. The molecule has 1 unspecified atom stereocenters. The molecular formula is C20H22N2O3. The minimum absolute atomic E-state index is 0.131. The largest absolute Gasteiger partial charge is 0.420 e. The fourth-order valence-electron chi connectivity index (χ4n) is 3.01. The van der Waals surface area contributed by atoms with Gasteiger partial charge in [-0.2, -0.15) is 0 Å². The minimum atomic E-state index is -0.629. The van der Waals surface area contributed by atoms with Crippen LogP contribution in [0.2, 0.25) is 0 Å². The van der Waals surface area contributed by atoms with E-state index in [2.05, 4.69) is 19.1 Å². The lowest BCUT2D eigenvalue weighted by atomic mass is 10.1. The lowest BCUT2D eigenvalue weighted by Gasteiger charge is -2.22. The van der Waals surface area contributed by atoms with Gasteiger partial charge in [-0.25, -0.2) is 4.79 Å². The molecule has 0 saturated carbocycles. The SMILES string of the molecule is CCc1ccc(CN(C)C(=O)C(C)n2c(=O)oc3ccccc32)cc1. The van der Waals surface area contributed by atoms with Gasteiger partial charge < -0.3 is 9.32 Å². The molecule has 5 nitrogen and oxygen atoms in total. The average Bonchev–Trinajstić information content (AvgIpc) is 2.96. The molecule has 2 aromatic carbocycles. The molecule has 1 atom stereocenters. The van der Waals surface area contributed by atoms with Crippen LogP contribution < -0.4 is 5.76 Å². The van der Waals surface area contributed by atoms with E-state index in [9.17, 15) is 9.59 Å². The maximum absolute atomic E-state index is 12.8. The Hall–Kier alpha value is -2.82.